The second kappa shape index (κ2) is 7.35. The van der Waals surface area contributed by atoms with E-state index in [1.54, 1.807) is 0 Å². The van der Waals surface area contributed by atoms with Crippen LogP contribution in [-0.4, -0.2) is 28.6 Å². The quantitative estimate of drug-likeness (QED) is 0.428. The fraction of sp³-hybridized carbons (Fsp3) is 0.700. The van der Waals surface area contributed by atoms with Crippen LogP contribution in [0.3, 0.4) is 0 Å². The van der Waals surface area contributed by atoms with Gasteiger partial charge in [-0.1, -0.05) is 0 Å². The molecule has 5 rings (SSSR count). The second-order valence-corrected chi connectivity index (χ2v) is 8.34. The molecule has 0 amide bonds. The van der Waals surface area contributed by atoms with Crippen LogP contribution in [0.2, 0.25) is 5.28 Å². The van der Waals surface area contributed by atoms with Crippen LogP contribution in [0, 0.1) is 36.1 Å². The van der Waals surface area contributed by atoms with Gasteiger partial charge in [0.2, 0.25) is 11.3 Å². The summed E-state index contributed by atoms with van der Waals surface area (Å²) in [4.78, 5) is 24.3. The first-order valence-corrected chi connectivity index (χ1v) is 10.2. The van der Waals surface area contributed by atoms with Crippen LogP contribution in [0.4, 0.5) is 4.39 Å². The number of hydrogen-bond donors (Lipinski definition) is 0. The first kappa shape index (κ1) is 18.6. The summed E-state index contributed by atoms with van der Waals surface area (Å²) in [5.41, 5.74) is 0.548. The standard InChI is InChI=1S/C20H23ClFN3O2/c1-3-27-19(26)16-11-6-4-10(5-7-11)12(16)8-15-17(22)18(25-20(21)24-15)13-9-14(13)23-2/h10-14,16H,3-9H2,1H3/t10?,11?,12-,13?,14?,16-/m0/s1. The molecule has 4 fully saturated rings. The molecule has 2 unspecified atom stereocenters. The number of rotatable bonds is 5. The van der Waals surface area contributed by atoms with Gasteiger partial charge < -0.3 is 9.58 Å². The normalized spacial score (nSPS) is 34.1. The molecule has 0 spiro atoms. The van der Waals surface area contributed by atoms with E-state index < -0.39 is 5.82 Å². The Hall–Kier alpha value is -1.74. The Balaban J connectivity index is 1.62. The van der Waals surface area contributed by atoms with Crippen molar-refractivity contribution in [2.45, 2.75) is 57.4 Å². The zero-order valence-corrected chi connectivity index (χ0v) is 16.1. The zero-order chi connectivity index (χ0) is 19.1. The lowest BCUT2D eigenvalue weighted by molar-refractivity contribution is -0.158. The predicted octanol–water partition coefficient (Wildman–Crippen LogP) is 4.20. The lowest BCUT2D eigenvalue weighted by Crippen LogP contribution is -2.45. The maximum Gasteiger partial charge on any atom is 0.309 e. The molecule has 0 aromatic carbocycles. The van der Waals surface area contributed by atoms with Crippen LogP contribution in [0.5, 0.6) is 0 Å². The molecular formula is C20H23ClFN3O2. The van der Waals surface area contributed by atoms with Gasteiger partial charge in [-0.05, 0) is 68.4 Å². The van der Waals surface area contributed by atoms with Gasteiger partial charge in [-0.2, -0.15) is 0 Å². The summed E-state index contributed by atoms with van der Waals surface area (Å²) >= 11 is 6.07. The number of aromatic nitrogens is 2. The van der Waals surface area contributed by atoms with Crippen LogP contribution in [0.1, 0.15) is 56.3 Å². The van der Waals surface area contributed by atoms with Crippen LogP contribution < -0.4 is 0 Å². The van der Waals surface area contributed by atoms with E-state index in [2.05, 4.69) is 14.8 Å². The molecule has 4 saturated carbocycles. The molecule has 5 nitrogen and oxygen atoms in total. The van der Waals surface area contributed by atoms with E-state index in [1.807, 2.05) is 6.92 Å². The van der Waals surface area contributed by atoms with Crippen molar-refractivity contribution in [2.75, 3.05) is 6.61 Å². The maximum absolute atomic E-state index is 15.1. The molecule has 4 aliphatic carbocycles. The second-order valence-electron chi connectivity index (χ2n) is 8.00. The zero-order valence-electron chi connectivity index (χ0n) is 15.3. The van der Waals surface area contributed by atoms with E-state index in [0.29, 0.717) is 31.3 Å². The molecule has 4 aliphatic rings. The van der Waals surface area contributed by atoms with Crippen molar-refractivity contribution < 1.29 is 13.9 Å². The Morgan fingerprint density at radius 2 is 2.00 bits per heavy atom. The fourth-order valence-corrected chi connectivity index (χ4v) is 5.37. The molecule has 1 aromatic heterocycles. The SMILES string of the molecule is [C-]#[N+]C1CC1c1nc(Cl)nc(C[C@H]2C3CCC(CC3)[C@@H]2C(=O)OCC)c1F. The van der Waals surface area contributed by atoms with E-state index in [0.717, 1.165) is 25.7 Å². The number of ether oxygens (including phenoxy) is 1. The average molecular weight is 392 g/mol. The van der Waals surface area contributed by atoms with Gasteiger partial charge in [0.05, 0.1) is 29.8 Å². The number of fused-ring (bicyclic) bond motifs is 3. The van der Waals surface area contributed by atoms with Crippen molar-refractivity contribution >= 4 is 17.6 Å². The predicted molar refractivity (Wildman–Crippen MR) is 97.5 cm³/mol. The Morgan fingerprint density at radius 1 is 1.30 bits per heavy atom. The van der Waals surface area contributed by atoms with Gasteiger partial charge in [-0.25, -0.2) is 20.9 Å². The van der Waals surface area contributed by atoms with Crippen molar-refractivity contribution in [3.8, 4) is 0 Å². The lowest BCUT2D eigenvalue weighted by Gasteiger charge is -2.47. The number of nitrogens with zero attached hydrogens (tertiary/aromatic N) is 3. The van der Waals surface area contributed by atoms with Crippen molar-refractivity contribution in [2.24, 2.45) is 23.7 Å². The summed E-state index contributed by atoms with van der Waals surface area (Å²) in [5, 5.41) is 0.0192. The number of halogens is 2. The Labute approximate surface area is 163 Å². The minimum Gasteiger partial charge on any atom is -0.466 e. The summed E-state index contributed by atoms with van der Waals surface area (Å²) < 4.78 is 20.5. The summed E-state index contributed by atoms with van der Waals surface area (Å²) in [6.07, 6.45) is 5.21. The van der Waals surface area contributed by atoms with Gasteiger partial charge in [0, 0.05) is 6.42 Å². The third kappa shape index (κ3) is 3.42. The monoisotopic (exact) mass is 391 g/mol. The van der Waals surface area contributed by atoms with E-state index >= 15 is 4.39 Å². The largest absolute Gasteiger partial charge is 0.466 e. The summed E-state index contributed by atoms with van der Waals surface area (Å²) in [5.74, 6) is -0.253. The van der Waals surface area contributed by atoms with Gasteiger partial charge in [0.15, 0.2) is 5.82 Å². The first-order valence-electron chi connectivity index (χ1n) is 9.78. The maximum atomic E-state index is 15.1. The molecule has 0 radical (unpaired) electrons. The van der Waals surface area contributed by atoms with Gasteiger partial charge in [0.1, 0.15) is 0 Å². The number of carbonyl (C=O) groups excluding carboxylic acids is 1. The van der Waals surface area contributed by atoms with Gasteiger partial charge in [-0.15, -0.1) is 0 Å². The van der Waals surface area contributed by atoms with E-state index in [-0.39, 0.29) is 46.4 Å². The molecule has 144 valence electrons. The molecule has 7 heteroatoms. The summed E-state index contributed by atoms with van der Waals surface area (Å²) in [6, 6.07) is -0.212. The molecule has 2 bridgehead atoms. The van der Waals surface area contributed by atoms with Crippen LogP contribution in [-0.2, 0) is 16.0 Å². The highest BCUT2D eigenvalue weighted by Gasteiger charge is 2.50. The number of hydrogen-bond acceptors (Lipinski definition) is 4. The van der Waals surface area contributed by atoms with Crippen LogP contribution >= 0.6 is 11.6 Å². The first-order chi connectivity index (χ1) is 13.0. The minimum absolute atomic E-state index is 0.0192. The molecule has 0 N–H and O–H groups in total. The van der Waals surface area contributed by atoms with Gasteiger partial charge >= 0.3 is 5.97 Å². The highest BCUT2D eigenvalue weighted by atomic mass is 35.5. The molecule has 0 aliphatic heterocycles. The van der Waals surface area contributed by atoms with Crippen LogP contribution in [0.25, 0.3) is 4.85 Å². The van der Waals surface area contributed by atoms with Crippen molar-refractivity contribution in [1.82, 2.24) is 9.97 Å². The molecule has 27 heavy (non-hydrogen) atoms. The Bertz CT molecular complexity index is 788. The van der Waals surface area contributed by atoms with E-state index in [4.69, 9.17) is 22.9 Å². The molecule has 0 saturated heterocycles. The van der Waals surface area contributed by atoms with Gasteiger partial charge in [-0.3, -0.25) is 4.79 Å². The molecule has 1 heterocycles. The smallest absolute Gasteiger partial charge is 0.309 e. The number of esters is 1. The Morgan fingerprint density at radius 3 is 2.63 bits per heavy atom. The van der Waals surface area contributed by atoms with E-state index in [9.17, 15) is 4.79 Å². The van der Waals surface area contributed by atoms with Crippen LogP contribution in [0.15, 0.2) is 0 Å². The summed E-state index contributed by atoms with van der Waals surface area (Å²) in [7, 11) is 0. The van der Waals surface area contributed by atoms with Gasteiger partial charge in [0.25, 0.3) is 0 Å². The minimum atomic E-state index is -0.445. The van der Waals surface area contributed by atoms with Crippen molar-refractivity contribution in [1.29, 1.82) is 0 Å². The molecule has 1 aromatic rings. The highest BCUT2D eigenvalue weighted by Crippen LogP contribution is 2.51. The van der Waals surface area contributed by atoms with Crippen molar-refractivity contribution in [3.63, 3.8) is 0 Å². The fourth-order valence-electron chi connectivity index (χ4n) is 5.18. The molecular weight excluding hydrogens is 369 g/mol. The average Bonchev–Trinajstić information content (AvgIpc) is 3.45. The molecule has 4 atom stereocenters. The lowest BCUT2D eigenvalue weighted by atomic mass is 9.57. The van der Waals surface area contributed by atoms with Crippen molar-refractivity contribution in [3.05, 3.63) is 33.9 Å². The highest BCUT2D eigenvalue weighted by molar-refractivity contribution is 6.28. The third-order valence-electron chi connectivity index (χ3n) is 6.57. The Kier molecular flexibility index (Phi) is 5.07. The summed E-state index contributed by atoms with van der Waals surface area (Å²) in [6.45, 7) is 9.30. The topological polar surface area (TPSA) is 56.4 Å². The third-order valence-corrected chi connectivity index (χ3v) is 6.74. The number of carbonyl (C=O) groups is 1. The van der Waals surface area contributed by atoms with E-state index in [1.165, 1.54) is 0 Å².